The Labute approximate surface area is 81.7 Å². The summed E-state index contributed by atoms with van der Waals surface area (Å²) in [5.41, 5.74) is 7.18. The molecule has 1 fully saturated rings. The molecule has 0 unspecified atom stereocenters. The van der Waals surface area contributed by atoms with Gasteiger partial charge in [0.25, 0.3) is 0 Å². The van der Waals surface area contributed by atoms with Crippen molar-refractivity contribution < 1.29 is 4.39 Å². The Hall–Kier alpha value is -0.600. The van der Waals surface area contributed by atoms with E-state index in [1.165, 1.54) is 0 Å². The van der Waals surface area contributed by atoms with Crippen molar-refractivity contribution in [2.45, 2.75) is 25.3 Å². The van der Waals surface area contributed by atoms with Crippen LogP contribution in [0.5, 0.6) is 0 Å². The lowest BCUT2D eigenvalue weighted by molar-refractivity contribution is 0.607. The molecule has 0 atom stereocenters. The fourth-order valence-corrected chi connectivity index (χ4v) is 1.80. The fraction of sp³-hybridized carbons (Fsp3) is 0.400. The zero-order chi connectivity index (χ0) is 9.64. The molecule has 2 N–H and O–H groups in total. The van der Waals surface area contributed by atoms with Gasteiger partial charge in [-0.05, 0) is 37.0 Å². The summed E-state index contributed by atoms with van der Waals surface area (Å²) in [7, 11) is 0. The molecule has 1 aliphatic rings. The van der Waals surface area contributed by atoms with Crippen molar-refractivity contribution in [1.82, 2.24) is 0 Å². The second kappa shape index (κ2) is 2.69. The smallest absolute Gasteiger partial charge is 0.145 e. The molecule has 0 bridgehead atoms. The van der Waals surface area contributed by atoms with Gasteiger partial charge in [0, 0.05) is 5.54 Å². The molecular formula is C10H11ClFN. The normalized spacial score (nSPS) is 18.8. The number of hydrogen-bond acceptors (Lipinski definition) is 1. The molecule has 1 aromatic carbocycles. The Balaban J connectivity index is 2.54. The molecule has 0 spiro atoms. The highest BCUT2D eigenvalue weighted by Gasteiger charge is 2.41. The van der Waals surface area contributed by atoms with E-state index in [0.29, 0.717) is 5.56 Å². The molecule has 0 aromatic heterocycles. The third-order valence-corrected chi connectivity index (χ3v) is 2.96. The predicted octanol–water partition coefficient (Wildman–Crippen LogP) is 2.74. The SMILES string of the molecule is Cc1c(C2(N)CC2)ccc(Cl)c1F. The Kier molecular flexibility index (Phi) is 1.86. The maximum Gasteiger partial charge on any atom is 0.145 e. The molecule has 2 rings (SSSR count). The summed E-state index contributed by atoms with van der Waals surface area (Å²) >= 11 is 5.64. The first-order valence-electron chi connectivity index (χ1n) is 4.28. The van der Waals surface area contributed by atoms with Gasteiger partial charge in [-0.2, -0.15) is 0 Å². The summed E-state index contributed by atoms with van der Waals surface area (Å²) in [5, 5.41) is 0.172. The Bertz CT molecular complexity index is 358. The zero-order valence-corrected chi connectivity index (χ0v) is 8.16. The van der Waals surface area contributed by atoms with Crippen LogP contribution in [-0.4, -0.2) is 0 Å². The van der Waals surface area contributed by atoms with E-state index in [1.54, 1.807) is 13.0 Å². The second-order valence-electron chi connectivity index (χ2n) is 3.69. The summed E-state index contributed by atoms with van der Waals surface area (Å²) < 4.78 is 13.4. The predicted molar refractivity (Wildman–Crippen MR) is 51.2 cm³/mol. The van der Waals surface area contributed by atoms with Gasteiger partial charge in [-0.15, -0.1) is 0 Å². The van der Waals surface area contributed by atoms with E-state index in [9.17, 15) is 4.39 Å². The number of nitrogens with two attached hydrogens (primary N) is 1. The van der Waals surface area contributed by atoms with Crippen molar-refractivity contribution in [3.63, 3.8) is 0 Å². The van der Waals surface area contributed by atoms with Gasteiger partial charge in [-0.1, -0.05) is 17.7 Å². The molecule has 1 nitrogen and oxygen atoms in total. The minimum absolute atomic E-state index is 0.172. The van der Waals surface area contributed by atoms with E-state index in [0.717, 1.165) is 18.4 Å². The average Bonchev–Trinajstić information content (AvgIpc) is 2.80. The van der Waals surface area contributed by atoms with Crippen LogP contribution in [0.3, 0.4) is 0 Å². The first kappa shape index (κ1) is 8.97. The first-order chi connectivity index (χ1) is 6.04. The minimum Gasteiger partial charge on any atom is -0.321 e. The van der Waals surface area contributed by atoms with Gasteiger partial charge in [-0.25, -0.2) is 4.39 Å². The summed E-state index contributed by atoms with van der Waals surface area (Å²) in [5.74, 6) is -0.337. The number of rotatable bonds is 1. The van der Waals surface area contributed by atoms with Gasteiger partial charge < -0.3 is 5.73 Å². The molecule has 1 aromatic rings. The first-order valence-corrected chi connectivity index (χ1v) is 4.66. The molecule has 70 valence electrons. The van der Waals surface area contributed by atoms with E-state index >= 15 is 0 Å². The van der Waals surface area contributed by atoms with E-state index in [-0.39, 0.29) is 16.4 Å². The summed E-state index contributed by atoms with van der Waals surface area (Å²) in [6.45, 7) is 1.73. The van der Waals surface area contributed by atoms with Crippen molar-refractivity contribution in [3.05, 3.63) is 34.1 Å². The van der Waals surface area contributed by atoms with Crippen molar-refractivity contribution in [3.8, 4) is 0 Å². The van der Waals surface area contributed by atoms with Crippen molar-refractivity contribution in [2.75, 3.05) is 0 Å². The van der Waals surface area contributed by atoms with Gasteiger partial charge in [0.15, 0.2) is 0 Å². The quantitative estimate of drug-likeness (QED) is 0.740. The van der Waals surface area contributed by atoms with Crippen LogP contribution >= 0.6 is 11.6 Å². The van der Waals surface area contributed by atoms with Gasteiger partial charge in [0.05, 0.1) is 5.02 Å². The van der Waals surface area contributed by atoms with Crippen molar-refractivity contribution >= 4 is 11.6 Å². The van der Waals surface area contributed by atoms with E-state index < -0.39 is 0 Å². The van der Waals surface area contributed by atoms with Crippen LogP contribution in [0.15, 0.2) is 12.1 Å². The third kappa shape index (κ3) is 1.34. The average molecular weight is 200 g/mol. The van der Waals surface area contributed by atoms with Crippen LogP contribution in [0.2, 0.25) is 5.02 Å². The lowest BCUT2D eigenvalue weighted by Crippen LogP contribution is -2.20. The lowest BCUT2D eigenvalue weighted by atomic mass is 10.00. The van der Waals surface area contributed by atoms with Crippen LogP contribution in [0.4, 0.5) is 4.39 Å². The van der Waals surface area contributed by atoms with Crippen LogP contribution in [0.25, 0.3) is 0 Å². The third-order valence-electron chi connectivity index (χ3n) is 2.66. The Morgan fingerprint density at radius 3 is 2.62 bits per heavy atom. The van der Waals surface area contributed by atoms with Gasteiger partial charge in [0.1, 0.15) is 5.82 Å². The lowest BCUT2D eigenvalue weighted by Gasteiger charge is -2.13. The van der Waals surface area contributed by atoms with Crippen LogP contribution < -0.4 is 5.73 Å². The maximum absolute atomic E-state index is 13.4. The summed E-state index contributed by atoms with van der Waals surface area (Å²) in [6.07, 6.45) is 1.88. The highest BCUT2D eigenvalue weighted by atomic mass is 35.5. The highest BCUT2D eigenvalue weighted by molar-refractivity contribution is 6.30. The van der Waals surface area contributed by atoms with Gasteiger partial charge in [0.2, 0.25) is 0 Å². The van der Waals surface area contributed by atoms with Crippen molar-refractivity contribution in [2.24, 2.45) is 5.73 Å². The minimum atomic E-state index is -0.337. The van der Waals surface area contributed by atoms with Crippen LogP contribution in [0, 0.1) is 12.7 Å². The Morgan fingerprint density at radius 2 is 2.08 bits per heavy atom. The maximum atomic E-state index is 13.4. The largest absolute Gasteiger partial charge is 0.321 e. The van der Waals surface area contributed by atoms with Crippen LogP contribution in [0.1, 0.15) is 24.0 Å². The van der Waals surface area contributed by atoms with Gasteiger partial charge in [-0.3, -0.25) is 0 Å². The monoisotopic (exact) mass is 199 g/mol. The second-order valence-corrected chi connectivity index (χ2v) is 4.10. The summed E-state index contributed by atoms with van der Waals surface area (Å²) in [6, 6.07) is 3.40. The van der Waals surface area contributed by atoms with E-state index in [4.69, 9.17) is 17.3 Å². The van der Waals surface area contributed by atoms with E-state index in [2.05, 4.69) is 0 Å². The molecule has 3 heteroatoms. The van der Waals surface area contributed by atoms with Crippen molar-refractivity contribution in [1.29, 1.82) is 0 Å². The fourth-order valence-electron chi connectivity index (χ4n) is 1.60. The number of halogens is 2. The Morgan fingerprint density at radius 1 is 1.46 bits per heavy atom. The number of hydrogen-bond donors (Lipinski definition) is 1. The molecule has 1 saturated carbocycles. The molecule has 0 radical (unpaired) electrons. The summed E-state index contributed by atoms with van der Waals surface area (Å²) in [4.78, 5) is 0. The standard InChI is InChI=1S/C10H11ClFN/c1-6-7(10(13)4-5-10)2-3-8(11)9(6)12/h2-3H,4-5,13H2,1H3. The molecule has 0 aliphatic heterocycles. The molecule has 0 saturated heterocycles. The molecule has 13 heavy (non-hydrogen) atoms. The number of benzene rings is 1. The highest BCUT2D eigenvalue weighted by Crippen LogP contribution is 2.44. The van der Waals surface area contributed by atoms with Gasteiger partial charge >= 0.3 is 0 Å². The molecule has 0 heterocycles. The van der Waals surface area contributed by atoms with E-state index in [1.807, 2.05) is 6.07 Å². The van der Waals surface area contributed by atoms with Crippen LogP contribution in [-0.2, 0) is 5.54 Å². The topological polar surface area (TPSA) is 26.0 Å². The molecule has 0 amide bonds. The zero-order valence-electron chi connectivity index (χ0n) is 7.40. The molecular weight excluding hydrogens is 189 g/mol. The molecule has 1 aliphatic carbocycles.